The molecule has 0 aliphatic rings. The molecule has 1 unspecified atom stereocenters. The highest BCUT2D eigenvalue weighted by Gasteiger charge is 2.14. The Bertz CT molecular complexity index is 616. The summed E-state index contributed by atoms with van der Waals surface area (Å²) in [6, 6.07) is 14.7. The normalized spacial score (nSPS) is 12.0. The molecule has 0 heterocycles. The predicted octanol–water partition coefficient (Wildman–Crippen LogP) is 5.10. The summed E-state index contributed by atoms with van der Waals surface area (Å²) in [5, 5.41) is 3.55. The minimum atomic E-state index is 0.264. The molecule has 1 atom stereocenters. The van der Waals surface area contributed by atoms with Crippen molar-refractivity contribution in [3.63, 3.8) is 0 Å². The summed E-state index contributed by atoms with van der Waals surface area (Å²) in [4.78, 5) is 0. The van der Waals surface area contributed by atoms with E-state index in [0.717, 1.165) is 28.0 Å². The van der Waals surface area contributed by atoms with Gasteiger partial charge in [-0.05, 0) is 31.0 Å². The van der Waals surface area contributed by atoms with Crippen LogP contribution in [-0.4, -0.2) is 13.7 Å². The Labute approximate surface area is 147 Å². The van der Waals surface area contributed by atoms with Gasteiger partial charge in [-0.15, -0.1) is 0 Å². The molecule has 0 aliphatic carbocycles. The van der Waals surface area contributed by atoms with Crippen LogP contribution in [0.15, 0.2) is 46.9 Å². The number of methoxy groups -OCH3 is 1. The van der Waals surface area contributed by atoms with Crippen molar-refractivity contribution in [2.75, 3.05) is 13.7 Å². The summed E-state index contributed by atoms with van der Waals surface area (Å²) in [6.45, 7) is 5.65. The highest BCUT2D eigenvalue weighted by Crippen LogP contribution is 2.35. The summed E-state index contributed by atoms with van der Waals surface area (Å²) < 4.78 is 12.4. The fourth-order valence-electron chi connectivity index (χ4n) is 2.40. The quantitative estimate of drug-likeness (QED) is 0.694. The third-order valence-corrected chi connectivity index (χ3v) is 4.12. The second-order valence-corrected chi connectivity index (χ2v) is 6.37. The maximum atomic E-state index is 5.92. The number of halogens is 1. The summed E-state index contributed by atoms with van der Waals surface area (Å²) >= 11 is 3.54. The van der Waals surface area contributed by atoms with Crippen LogP contribution in [0, 0.1) is 0 Å². The Kier molecular flexibility index (Phi) is 6.93. The molecule has 0 aromatic heterocycles. The molecule has 0 amide bonds. The van der Waals surface area contributed by atoms with Crippen LogP contribution in [0.3, 0.4) is 0 Å². The van der Waals surface area contributed by atoms with Crippen LogP contribution >= 0.6 is 15.9 Å². The lowest BCUT2D eigenvalue weighted by atomic mass is 10.1. The van der Waals surface area contributed by atoms with Crippen LogP contribution in [-0.2, 0) is 6.54 Å². The van der Waals surface area contributed by atoms with Crippen LogP contribution in [0.4, 0.5) is 0 Å². The molecule has 3 nitrogen and oxygen atoms in total. The zero-order chi connectivity index (χ0) is 16.7. The predicted molar refractivity (Wildman–Crippen MR) is 98.2 cm³/mol. The van der Waals surface area contributed by atoms with E-state index in [1.54, 1.807) is 7.11 Å². The van der Waals surface area contributed by atoms with Crippen LogP contribution in [0.2, 0.25) is 0 Å². The Morgan fingerprint density at radius 3 is 2.57 bits per heavy atom. The van der Waals surface area contributed by atoms with E-state index in [2.05, 4.69) is 65.4 Å². The van der Waals surface area contributed by atoms with E-state index >= 15 is 0 Å². The highest BCUT2D eigenvalue weighted by molar-refractivity contribution is 9.10. The average Bonchev–Trinajstić information content (AvgIpc) is 2.58. The van der Waals surface area contributed by atoms with E-state index in [1.807, 2.05) is 12.1 Å². The van der Waals surface area contributed by atoms with Crippen LogP contribution in [0.5, 0.6) is 11.5 Å². The molecule has 4 heteroatoms. The summed E-state index contributed by atoms with van der Waals surface area (Å²) in [6.07, 6.45) is 0.965. The van der Waals surface area contributed by atoms with Crippen molar-refractivity contribution in [2.45, 2.75) is 32.9 Å². The van der Waals surface area contributed by atoms with Gasteiger partial charge in [-0.1, -0.05) is 53.2 Å². The molecule has 0 saturated carbocycles. The average molecular weight is 378 g/mol. The lowest BCUT2D eigenvalue weighted by Gasteiger charge is -2.18. The van der Waals surface area contributed by atoms with E-state index < -0.39 is 0 Å². The first kappa shape index (κ1) is 17.8. The van der Waals surface area contributed by atoms with Gasteiger partial charge in [-0.25, -0.2) is 0 Å². The largest absolute Gasteiger partial charge is 0.493 e. The first-order valence-corrected chi connectivity index (χ1v) is 8.72. The molecule has 0 spiro atoms. The number of benzene rings is 2. The third kappa shape index (κ3) is 4.98. The van der Waals surface area contributed by atoms with Gasteiger partial charge in [0.05, 0.1) is 13.7 Å². The molecule has 0 aliphatic heterocycles. The lowest BCUT2D eigenvalue weighted by molar-refractivity contribution is 0.290. The molecule has 0 radical (unpaired) electrons. The zero-order valence-electron chi connectivity index (χ0n) is 13.9. The van der Waals surface area contributed by atoms with Gasteiger partial charge in [0.25, 0.3) is 0 Å². The van der Waals surface area contributed by atoms with Gasteiger partial charge in [0.2, 0.25) is 0 Å². The second-order valence-electron chi connectivity index (χ2n) is 5.46. The molecule has 2 rings (SSSR count). The van der Waals surface area contributed by atoms with Gasteiger partial charge in [-0.2, -0.15) is 0 Å². The molecule has 1 N–H and O–H groups in total. The Balaban J connectivity index is 2.16. The number of hydrogen-bond donors (Lipinski definition) is 1. The summed E-state index contributed by atoms with van der Waals surface area (Å²) in [7, 11) is 1.67. The summed E-state index contributed by atoms with van der Waals surface area (Å²) in [5.41, 5.74) is 2.36. The van der Waals surface area contributed by atoms with Gasteiger partial charge >= 0.3 is 0 Å². The minimum absolute atomic E-state index is 0.264. The van der Waals surface area contributed by atoms with Gasteiger partial charge in [0.15, 0.2) is 11.5 Å². The van der Waals surface area contributed by atoms with E-state index in [9.17, 15) is 0 Å². The third-order valence-electron chi connectivity index (χ3n) is 3.67. The van der Waals surface area contributed by atoms with E-state index in [0.29, 0.717) is 13.2 Å². The van der Waals surface area contributed by atoms with Crippen molar-refractivity contribution in [3.05, 3.63) is 58.1 Å². The van der Waals surface area contributed by atoms with E-state index in [-0.39, 0.29) is 6.04 Å². The first-order chi connectivity index (χ1) is 11.2. The molecular formula is C19H24BrNO2. The van der Waals surface area contributed by atoms with Gasteiger partial charge < -0.3 is 14.8 Å². The van der Waals surface area contributed by atoms with E-state index in [1.165, 1.54) is 5.56 Å². The number of ether oxygens (including phenoxy) is 2. The first-order valence-electron chi connectivity index (χ1n) is 7.93. The van der Waals surface area contributed by atoms with E-state index in [4.69, 9.17) is 9.47 Å². The van der Waals surface area contributed by atoms with Crippen molar-refractivity contribution in [1.82, 2.24) is 5.32 Å². The molecular weight excluding hydrogens is 354 g/mol. The smallest absolute Gasteiger partial charge is 0.165 e. The number of hydrogen-bond acceptors (Lipinski definition) is 3. The monoisotopic (exact) mass is 377 g/mol. The topological polar surface area (TPSA) is 30.5 Å². The fraction of sp³-hybridized carbons (Fsp3) is 0.368. The van der Waals surface area contributed by atoms with Crippen molar-refractivity contribution in [2.24, 2.45) is 0 Å². The van der Waals surface area contributed by atoms with Crippen molar-refractivity contribution in [1.29, 1.82) is 0 Å². The molecule has 124 valence electrons. The zero-order valence-corrected chi connectivity index (χ0v) is 15.5. The SMILES string of the molecule is CCCOc1c(CNC(C)c2ccccc2)cc(Br)cc1OC. The maximum Gasteiger partial charge on any atom is 0.165 e. The number of nitrogens with one attached hydrogen (secondary N) is 1. The van der Waals surface area contributed by atoms with Crippen LogP contribution < -0.4 is 14.8 Å². The minimum Gasteiger partial charge on any atom is -0.493 e. The van der Waals surface area contributed by atoms with Crippen molar-refractivity contribution in [3.8, 4) is 11.5 Å². The van der Waals surface area contributed by atoms with Crippen molar-refractivity contribution >= 4 is 15.9 Å². The van der Waals surface area contributed by atoms with Crippen molar-refractivity contribution < 1.29 is 9.47 Å². The summed E-state index contributed by atoms with van der Waals surface area (Å²) in [5.74, 6) is 1.59. The molecule has 2 aromatic carbocycles. The highest BCUT2D eigenvalue weighted by atomic mass is 79.9. The Morgan fingerprint density at radius 2 is 1.91 bits per heavy atom. The molecule has 0 bridgehead atoms. The number of rotatable bonds is 8. The maximum absolute atomic E-state index is 5.92. The standard InChI is InChI=1S/C19H24BrNO2/c1-4-10-23-19-16(11-17(20)12-18(19)22-3)13-21-14(2)15-8-6-5-7-9-15/h5-9,11-12,14,21H,4,10,13H2,1-3H3. The lowest BCUT2D eigenvalue weighted by Crippen LogP contribution is -2.19. The Morgan fingerprint density at radius 1 is 1.17 bits per heavy atom. The molecule has 0 fully saturated rings. The van der Waals surface area contributed by atoms with Crippen LogP contribution in [0.1, 0.15) is 37.4 Å². The molecule has 0 saturated heterocycles. The molecule has 23 heavy (non-hydrogen) atoms. The van der Waals surface area contributed by atoms with Gasteiger partial charge in [-0.3, -0.25) is 0 Å². The van der Waals surface area contributed by atoms with Gasteiger partial charge in [0.1, 0.15) is 0 Å². The molecule has 2 aromatic rings. The van der Waals surface area contributed by atoms with Crippen LogP contribution in [0.25, 0.3) is 0 Å². The second kappa shape index (κ2) is 8.94. The van der Waals surface area contributed by atoms with Gasteiger partial charge in [0, 0.05) is 22.6 Å². The Hall–Kier alpha value is -1.52. The fourth-order valence-corrected chi connectivity index (χ4v) is 2.88.